The summed E-state index contributed by atoms with van der Waals surface area (Å²) in [6, 6.07) is 14.0. The summed E-state index contributed by atoms with van der Waals surface area (Å²) >= 11 is 0. The number of carbonyl (C=O) groups excluding carboxylic acids is 2. The van der Waals surface area contributed by atoms with Gasteiger partial charge in [0.25, 0.3) is 5.91 Å². The molecule has 0 bridgehead atoms. The molecule has 3 rings (SSSR count). The lowest BCUT2D eigenvalue weighted by atomic mass is 10.00. The first-order chi connectivity index (χ1) is 19.3. The Morgan fingerprint density at radius 2 is 1.85 bits per heavy atom. The van der Waals surface area contributed by atoms with Gasteiger partial charge in [-0.2, -0.15) is 5.26 Å². The molecule has 1 heterocycles. The van der Waals surface area contributed by atoms with Crippen LogP contribution in [0.25, 0.3) is 10.9 Å². The number of hydrogen-bond donors (Lipinski definition) is 1. The standard InChI is InChI=1S/C30H36N4O6/c1-20(2)15-26(33-40-14-8-13-31)29(35)34(19-21-11-12-23(37-3)17-28(21)38-4)27(30(36)39-5)16-22-18-32-25-10-7-6-9-24(22)25/h6-7,9-12,17-18,20,27,32H,8,14-16,19H2,1-5H3/b33-26+. The average Bonchev–Trinajstić information content (AvgIpc) is 3.38. The number of aromatic nitrogens is 1. The van der Waals surface area contributed by atoms with Crippen molar-refractivity contribution in [2.45, 2.75) is 45.7 Å². The molecule has 10 nitrogen and oxygen atoms in total. The van der Waals surface area contributed by atoms with Crippen molar-refractivity contribution in [3.8, 4) is 17.6 Å². The minimum atomic E-state index is -0.986. The summed E-state index contributed by atoms with van der Waals surface area (Å²) in [5.41, 5.74) is 2.59. The van der Waals surface area contributed by atoms with Gasteiger partial charge in [0.05, 0.1) is 40.4 Å². The van der Waals surface area contributed by atoms with Crippen molar-refractivity contribution in [1.29, 1.82) is 5.26 Å². The molecule has 2 aromatic carbocycles. The third-order valence-electron chi connectivity index (χ3n) is 6.36. The van der Waals surface area contributed by atoms with Gasteiger partial charge in [0.15, 0.2) is 0 Å². The minimum absolute atomic E-state index is 0.0312. The van der Waals surface area contributed by atoms with E-state index in [0.29, 0.717) is 23.5 Å². The number of fused-ring (bicyclic) bond motifs is 1. The van der Waals surface area contributed by atoms with E-state index in [1.54, 1.807) is 25.3 Å². The lowest BCUT2D eigenvalue weighted by Gasteiger charge is -2.31. The second kappa shape index (κ2) is 14.6. The molecule has 0 saturated heterocycles. The Balaban J connectivity index is 2.10. The van der Waals surface area contributed by atoms with E-state index in [2.05, 4.69) is 10.1 Å². The molecule has 1 N–H and O–H groups in total. The number of nitriles is 1. The maximum Gasteiger partial charge on any atom is 0.328 e. The van der Waals surface area contributed by atoms with Crippen molar-refractivity contribution in [3.63, 3.8) is 0 Å². The van der Waals surface area contributed by atoms with E-state index in [1.807, 2.05) is 50.4 Å². The Labute approximate surface area is 234 Å². The number of carbonyl (C=O) groups is 2. The highest BCUT2D eigenvalue weighted by atomic mass is 16.6. The van der Waals surface area contributed by atoms with Crippen molar-refractivity contribution in [3.05, 3.63) is 59.8 Å². The largest absolute Gasteiger partial charge is 0.497 e. The number of nitrogens with one attached hydrogen (secondary N) is 1. The van der Waals surface area contributed by atoms with E-state index in [4.69, 9.17) is 24.3 Å². The van der Waals surface area contributed by atoms with Gasteiger partial charge in [-0.25, -0.2) is 4.79 Å². The van der Waals surface area contributed by atoms with Gasteiger partial charge >= 0.3 is 5.97 Å². The predicted octanol–water partition coefficient (Wildman–Crippen LogP) is 4.63. The molecule has 10 heteroatoms. The topological polar surface area (TPSA) is 126 Å². The zero-order valence-corrected chi connectivity index (χ0v) is 23.6. The molecule has 40 heavy (non-hydrogen) atoms. The Bertz CT molecular complexity index is 1370. The van der Waals surface area contributed by atoms with Crippen molar-refractivity contribution in [2.24, 2.45) is 11.1 Å². The Morgan fingerprint density at radius 1 is 1.07 bits per heavy atom. The van der Waals surface area contributed by atoms with Crippen LogP contribution in [0.3, 0.4) is 0 Å². The summed E-state index contributed by atoms with van der Waals surface area (Å²) in [6.45, 7) is 3.99. The molecule has 0 radical (unpaired) electrons. The number of amides is 1. The van der Waals surface area contributed by atoms with Gasteiger partial charge in [0.2, 0.25) is 0 Å². The van der Waals surface area contributed by atoms with Crippen LogP contribution >= 0.6 is 0 Å². The third kappa shape index (κ3) is 7.53. The normalized spacial score (nSPS) is 12.1. The number of para-hydroxylation sites is 1. The Morgan fingerprint density at radius 3 is 2.52 bits per heavy atom. The van der Waals surface area contributed by atoms with Gasteiger partial charge in [-0.1, -0.05) is 37.2 Å². The molecule has 3 aromatic rings. The highest BCUT2D eigenvalue weighted by molar-refractivity contribution is 6.39. The van der Waals surface area contributed by atoms with E-state index in [-0.39, 0.29) is 37.6 Å². The first-order valence-corrected chi connectivity index (χ1v) is 13.0. The number of aromatic amines is 1. The first kappa shape index (κ1) is 30.0. The van der Waals surface area contributed by atoms with Crippen molar-refractivity contribution in [1.82, 2.24) is 9.88 Å². The molecule has 0 spiro atoms. The fraction of sp³-hybridized carbons (Fsp3) is 0.400. The molecule has 0 saturated carbocycles. The molecule has 1 aromatic heterocycles. The fourth-order valence-electron chi connectivity index (χ4n) is 4.39. The van der Waals surface area contributed by atoms with Crippen LogP contribution in [0.1, 0.15) is 37.8 Å². The molecule has 0 aliphatic rings. The fourth-order valence-corrected chi connectivity index (χ4v) is 4.39. The number of nitrogens with zero attached hydrogens (tertiary/aromatic N) is 3. The zero-order chi connectivity index (χ0) is 29.1. The first-order valence-electron chi connectivity index (χ1n) is 13.0. The number of esters is 1. The molecule has 1 atom stereocenters. The summed E-state index contributed by atoms with van der Waals surface area (Å²) < 4.78 is 16.1. The lowest BCUT2D eigenvalue weighted by Crippen LogP contribution is -2.49. The van der Waals surface area contributed by atoms with Crippen molar-refractivity contribution >= 4 is 28.5 Å². The number of rotatable bonds is 14. The van der Waals surface area contributed by atoms with Crippen LogP contribution in [0.5, 0.6) is 11.5 Å². The summed E-state index contributed by atoms with van der Waals surface area (Å²) in [5.74, 6) is 0.124. The van der Waals surface area contributed by atoms with Gasteiger partial charge in [-0.15, -0.1) is 0 Å². The van der Waals surface area contributed by atoms with E-state index in [1.165, 1.54) is 19.1 Å². The number of H-pyrrole nitrogens is 1. The Hall–Kier alpha value is -4.52. The quantitative estimate of drug-likeness (QED) is 0.135. The van der Waals surface area contributed by atoms with Gasteiger partial charge in [-0.05, 0) is 29.7 Å². The second-order valence-electron chi connectivity index (χ2n) is 9.59. The number of oxime groups is 1. The SMILES string of the molecule is COC(=O)C(Cc1c[nH]c2ccccc12)N(Cc1ccc(OC)cc1OC)C(=O)/C(CC(C)C)=N/OCCC#N. The second-order valence-corrected chi connectivity index (χ2v) is 9.59. The van der Waals surface area contributed by atoms with Gasteiger partial charge in [-0.3, -0.25) is 4.79 Å². The van der Waals surface area contributed by atoms with Crippen LogP contribution in [0.15, 0.2) is 53.8 Å². The molecule has 0 aliphatic carbocycles. The maximum atomic E-state index is 14.2. The summed E-state index contributed by atoms with van der Waals surface area (Å²) in [6.07, 6.45) is 2.48. The minimum Gasteiger partial charge on any atom is -0.497 e. The molecule has 1 amide bonds. The van der Waals surface area contributed by atoms with Crippen molar-refractivity contribution in [2.75, 3.05) is 27.9 Å². The average molecular weight is 549 g/mol. The van der Waals surface area contributed by atoms with E-state index in [9.17, 15) is 9.59 Å². The predicted molar refractivity (Wildman–Crippen MR) is 151 cm³/mol. The van der Waals surface area contributed by atoms with Crippen LogP contribution in [0.4, 0.5) is 0 Å². The smallest absolute Gasteiger partial charge is 0.328 e. The maximum absolute atomic E-state index is 14.2. The molecular formula is C30H36N4O6. The summed E-state index contributed by atoms with van der Waals surface area (Å²) in [5, 5.41) is 13.9. The third-order valence-corrected chi connectivity index (χ3v) is 6.36. The number of ether oxygens (including phenoxy) is 3. The van der Waals surface area contributed by atoms with Crippen LogP contribution in [0.2, 0.25) is 0 Å². The van der Waals surface area contributed by atoms with Crippen molar-refractivity contribution < 1.29 is 28.6 Å². The molecule has 0 aliphatic heterocycles. The molecule has 1 unspecified atom stereocenters. The number of methoxy groups -OCH3 is 3. The number of hydrogen-bond acceptors (Lipinski definition) is 8. The van der Waals surface area contributed by atoms with Gasteiger partial charge in [0, 0.05) is 41.6 Å². The highest BCUT2D eigenvalue weighted by Gasteiger charge is 2.35. The molecule has 212 valence electrons. The molecule has 0 fully saturated rings. The highest BCUT2D eigenvalue weighted by Crippen LogP contribution is 2.28. The zero-order valence-electron chi connectivity index (χ0n) is 23.6. The number of benzene rings is 2. The van der Waals surface area contributed by atoms with Crippen LogP contribution in [0, 0.1) is 17.2 Å². The van der Waals surface area contributed by atoms with Crippen LogP contribution in [-0.2, 0) is 32.1 Å². The monoisotopic (exact) mass is 548 g/mol. The lowest BCUT2D eigenvalue weighted by molar-refractivity contribution is -0.151. The summed E-state index contributed by atoms with van der Waals surface area (Å²) in [7, 11) is 4.39. The van der Waals surface area contributed by atoms with E-state index in [0.717, 1.165) is 16.5 Å². The summed E-state index contributed by atoms with van der Waals surface area (Å²) in [4.78, 5) is 37.5. The van der Waals surface area contributed by atoms with E-state index >= 15 is 0 Å². The van der Waals surface area contributed by atoms with Crippen LogP contribution in [-0.4, -0.2) is 61.5 Å². The van der Waals surface area contributed by atoms with E-state index < -0.39 is 17.9 Å². The van der Waals surface area contributed by atoms with Gasteiger partial charge < -0.3 is 28.9 Å². The molecular weight excluding hydrogens is 512 g/mol. The van der Waals surface area contributed by atoms with Crippen LogP contribution < -0.4 is 9.47 Å². The Kier molecular flexibility index (Phi) is 10.9. The van der Waals surface area contributed by atoms with Gasteiger partial charge in [0.1, 0.15) is 29.9 Å².